The van der Waals surface area contributed by atoms with Crippen molar-refractivity contribution in [1.82, 2.24) is 14.8 Å². The van der Waals surface area contributed by atoms with Gasteiger partial charge < -0.3 is 4.74 Å². The number of carbonyl (C=O) groups is 1. The van der Waals surface area contributed by atoms with Crippen LogP contribution < -0.4 is 10.1 Å². The van der Waals surface area contributed by atoms with Crippen LogP contribution in [-0.2, 0) is 11.4 Å². The number of hydrogen-bond donors (Lipinski definition) is 1. The fourth-order valence-corrected chi connectivity index (χ4v) is 3.46. The molecule has 1 amide bonds. The lowest BCUT2D eigenvalue weighted by molar-refractivity contribution is -0.117. The number of fused-ring (bicyclic) bond motifs is 1. The van der Waals surface area contributed by atoms with Crippen molar-refractivity contribution in [2.24, 2.45) is 0 Å². The minimum Gasteiger partial charge on any atom is -0.487 e. The SMILES string of the molecule is O=C1C[C@@H](c2ccc(OCc3ccc(Cl)c(Cl)c3)c(Cl)c2)n2ncnc2N1. The average Bonchev–Trinajstić information content (AvgIpc) is 3.11. The highest BCUT2D eigenvalue weighted by Crippen LogP contribution is 2.34. The van der Waals surface area contributed by atoms with Gasteiger partial charge in [0.15, 0.2) is 0 Å². The number of nitrogens with zero attached hydrogens (tertiary/aromatic N) is 3. The fraction of sp³-hybridized carbons (Fsp3) is 0.167. The molecular formula is C18H13Cl3N4O2. The summed E-state index contributed by atoms with van der Waals surface area (Å²) in [5.74, 6) is 0.842. The highest BCUT2D eigenvalue weighted by Gasteiger charge is 2.28. The van der Waals surface area contributed by atoms with Gasteiger partial charge in [-0.3, -0.25) is 10.1 Å². The van der Waals surface area contributed by atoms with Gasteiger partial charge in [0, 0.05) is 0 Å². The Morgan fingerprint density at radius 3 is 2.74 bits per heavy atom. The fourth-order valence-electron chi connectivity index (χ4n) is 2.90. The number of rotatable bonds is 4. The summed E-state index contributed by atoms with van der Waals surface area (Å²) in [6, 6.07) is 10.5. The zero-order valence-electron chi connectivity index (χ0n) is 13.8. The van der Waals surface area contributed by atoms with Gasteiger partial charge in [0.2, 0.25) is 11.9 Å². The summed E-state index contributed by atoms with van der Waals surface area (Å²) < 4.78 is 7.46. The number of carbonyl (C=O) groups excluding carboxylic acids is 1. The maximum absolute atomic E-state index is 11.9. The Bertz CT molecular complexity index is 1020. The summed E-state index contributed by atoms with van der Waals surface area (Å²) >= 11 is 18.3. The molecule has 2 heterocycles. The number of nitrogens with one attached hydrogen (secondary N) is 1. The van der Waals surface area contributed by atoms with Crippen LogP contribution >= 0.6 is 34.8 Å². The minimum absolute atomic E-state index is 0.114. The number of anilines is 1. The lowest BCUT2D eigenvalue weighted by Gasteiger charge is -2.24. The van der Waals surface area contributed by atoms with E-state index >= 15 is 0 Å². The third kappa shape index (κ3) is 3.74. The van der Waals surface area contributed by atoms with Crippen LogP contribution in [0.1, 0.15) is 23.6 Å². The highest BCUT2D eigenvalue weighted by molar-refractivity contribution is 6.42. The molecule has 1 atom stereocenters. The molecule has 0 saturated heterocycles. The van der Waals surface area contributed by atoms with Gasteiger partial charge in [-0.1, -0.05) is 46.9 Å². The predicted octanol–water partition coefficient (Wildman–Crippen LogP) is 4.75. The molecule has 3 aromatic rings. The minimum atomic E-state index is -0.266. The second-order valence-corrected chi connectivity index (χ2v) is 7.24. The van der Waals surface area contributed by atoms with Gasteiger partial charge in [-0.05, 0) is 35.4 Å². The van der Waals surface area contributed by atoms with Crippen LogP contribution in [0.5, 0.6) is 5.75 Å². The number of aromatic nitrogens is 3. The van der Waals surface area contributed by atoms with Gasteiger partial charge in [0.05, 0.1) is 27.5 Å². The van der Waals surface area contributed by atoms with E-state index in [1.54, 1.807) is 28.9 Å². The quantitative estimate of drug-likeness (QED) is 0.657. The first kappa shape index (κ1) is 18.1. The summed E-state index contributed by atoms with van der Waals surface area (Å²) in [5.41, 5.74) is 1.73. The maximum Gasteiger partial charge on any atom is 0.229 e. The second-order valence-electron chi connectivity index (χ2n) is 6.02. The molecule has 0 aliphatic carbocycles. The summed E-state index contributed by atoms with van der Waals surface area (Å²) in [6.07, 6.45) is 1.67. The van der Waals surface area contributed by atoms with Crippen molar-refractivity contribution in [2.75, 3.05) is 5.32 Å². The third-order valence-corrected chi connectivity index (χ3v) is 5.25. The zero-order valence-corrected chi connectivity index (χ0v) is 16.1. The number of benzene rings is 2. The van der Waals surface area contributed by atoms with Crippen molar-refractivity contribution in [3.63, 3.8) is 0 Å². The van der Waals surface area contributed by atoms with E-state index in [1.807, 2.05) is 12.1 Å². The van der Waals surface area contributed by atoms with Gasteiger partial charge in [0.1, 0.15) is 18.7 Å². The number of amides is 1. The van der Waals surface area contributed by atoms with E-state index < -0.39 is 0 Å². The molecule has 0 unspecified atom stereocenters. The molecule has 1 N–H and O–H groups in total. The standard InChI is InChI=1S/C18H13Cl3N4O2/c19-12-3-1-10(5-13(12)20)8-27-16-4-2-11(6-14(16)21)15-7-17(26)24-18-22-9-23-25(15)18/h1-6,9,15H,7-8H2,(H,22,23,24,26)/t15-/m0/s1. The molecule has 0 fully saturated rings. The normalized spacial score (nSPS) is 16.0. The van der Waals surface area contributed by atoms with Crippen LogP contribution in [0.25, 0.3) is 0 Å². The molecule has 6 nitrogen and oxygen atoms in total. The molecule has 4 rings (SSSR count). The van der Waals surface area contributed by atoms with Gasteiger partial charge in [-0.15, -0.1) is 0 Å². The van der Waals surface area contributed by atoms with Crippen molar-refractivity contribution in [1.29, 1.82) is 0 Å². The van der Waals surface area contributed by atoms with Crippen LogP contribution in [0, 0.1) is 0 Å². The molecule has 1 aromatic heterocycles. The molecule has 138 valence electrons. The third-order valence-electron chi connectivity index (χ3n) is 4.22. The van der Waals surface area contributed by atoms with Crippen molar-refractivity contribution in [3.05, 3.63) is 68.9 Å². The van der Waals surface area contributed by atoms with Gasteiger partial charge in [0.25, 0.3) is 0 Å². The molecule has 2 aromatic carbocycles. The summed E-state index contributed by atoms with van der Waals surface area (Å²) in [4.78, 5) is 15.9. The smallest absolute Gasteiger partial charge is 0.229 e. The van der Waals surface area contributed by atoms with Crippen molar-refractivity contribution in [3.8, 4) is 5.75 Å². The Morgan fingerprint density at radius 1 is 1.11 bits per heavy atom. The summed E-state index contributed by atoms with van der Waals surface area (Å²) in [6.45, 7) is 0.301. The monoisotopic (exact) mass is 422 g/mol. The topological polar surface area (TPSA) is 69.0 Å². The number of halogens is 3. The van der Waals surface area contributed by atoms with E-state index in [2.05, 4.69) is 15.4 Å². The second kappa shape index (κ2) is 7.38. The molecule has 0 bridgehead atoms. The van der Waals surface area contributed by atoms with Gasteiger partial charge >= 0.3 is 0 Å². The van der Waals surface area contributed by atoms with E-state index in [4.69, 9.17) is 39.5 Å². The van der Waals surface area contributed by atoms with Crippen molar-refractivity contribution < 1.29 is 9.53 Å². The Balaban J connectivity index is 1.53. The molecule has 1 aliphatic heterocycles. The van der Waals surface area contributed by atoms with E-state index in [-0.39, 0.29) is 18.4 Å². The molecule has 0 radical (unpaired) electrons. The van der Waals surface area contributed by atoms with Crippen LogP contribution in [-0.4, -0.2) is 20.7 Å². The van der Waals surface area contributed by atoms with Crippen LogP contribution in [0.4, 0.5) is 5.95 Å². The summed E-state index contributed by atoms with van der Waals surface area (Å²) in [7, 11) is 0. The lowest BCUT2D eigenvalue weighted by atomic mass is 10.0. The van der Waals surface area contributed by atoms with E-state index in [9.17, 15) is 4.79 Å². The van der Waals surface area contributed by atoms with Gasteiger partial charge in [-0.2, -0.15) is 10.1 Å². The lowest BCUT2D eigenvalue weighted by Crippen LogP contribution is -2.29. The number of hydrogen-bond acceptors (Lipinski definition) is 4. The molecule has 9 heteroatoms. The van der Waals surface area contributed by atoms with Crippen LogP contribution in [0.2, 0.25) is 15.1 Å². The Labute approximate surface area is 170 Å². The largest absolute Gasteiger partial charge is 0.487 e. The Kier molecular flexibility index (Phi) is 4.95. The van der Waals surface area contributed by atoms with Crippen LogP contribution in [0.3, 0.4) is 0 Å². The first-order valence-corrected chi connectivity index (χ1v) is 9.20. The first-order valence-electron chi connectivity index (χ1n) is 8.07. The van der Waals surface area contributed by atoms with E-state index in [1.165, 1.54) is 6.33 Å². The highest BCUT2D eigenvalue weighted by atomic mass is 35.5. The molecule has 0 saturated carbocycles. The van der Waals surface area contributed by atoms with E-state index in [0.717, 1.165) is 11.1 Å². The van der Waals surface area contributed by atoms with Crippen LogP contribution in [0.15, 0.2) is 42.7 Å². The maximum atomic E-state index is 11.9. The molecule has 1 aliphatic rings. The predicted molar refractivity (Wildman–Crippen MR) is 104 cm³/mol. The van der Waals surface area contributed by atoms with E-state index in [0.29, 0.717) is 33.4 Å². The first-order chi connectivity index (χ1) is 13.0. The van der Waals surface area contributed by atoms with Crippen molar-refractivity contribution in [2.45, 2.75) is 19.1 Å². The summed E-state index contributed by atoms with van der Waals surface area (Å²) in [5, 5.41) is 8.28. The average molecular weight is 424 g/mol. The number of ether oxygens (including phenoxy) is 1. The zero-order chi connectivity index (χ0) is 19.0. The molecule has 0 spiro atoms. The Morgan fingerprint density at radius 2 is 1.96 bits per heavy atom. The van der Waals surface area contributed by atoms with Gasteiger partial charge in [-0.25, -0.2) is 4.68 Å². The Hall–Kier alpha value is -2.28. The molecule has 27 heavy (non-hydrogen) atoms. The molecular weight excluding hydrogens is 411 g/mol. The van der Waals surface area contributed by atoms with Crippen molar-refractivity contribution >= 4 is 46.7 Å².